The fraction of sp³-hybridized carbons (Fsp3) is 0.600. The molecule has 17 heavy (non-hydrogen) atoms. The molecule has 0 aliphatic heterocycles. The van der Waals surface area contributed by atoms with Gasteiger partial charge >= 0.3 is 0 Å². The quantitative estimate of drug-likeness (QED) is 0.838. The minimum Gasteiger partial charge on any atom is -0.385 e. The van der Waals surface area contributed by atoms with Crippen LogP contribution >= 0.6 is 0 Å². The van der Waals surface area contributed by atoms with Gasteiger partial charge in [-0.1, -0.05) is 6.07 Å². The summed E-state index contributed by atoms with van der Waals surface area (Å²) in [6, 6.07) is 7.37. The monoisotopic (exact) mass is 230 g/mol. The number of hydrogen-bond acceptors (Lipinski definition) is 2. The molecular formula is C15H22N2. The molecule has 0 spiro atoms. The molecule has 0 unspecified atom stereocenters. The number of rotatable bonds is 3. The summed E-state index contributed by atoms with van der Waals surface area (Å²) in [5, 5.41) is 3.56. The molecule has 2 aliphatic carbocycles. The van der Waals surface area contributed by atoms with Gasteiger partial charge in [-0.2, -0.15) is 0 Å². The summed E-state index contributed by atoms with van der Waals surface area (Å²) < 4.78 is 0. The number of hydrogen-bond donors (Lipinski definition) is 2. The second-order valence-electron chi connectivity index (χ2n) is 5.67. The predicted molar refractivity (Wildman–Crippen MR) is 72.3 cm³/mol. The normalized spacial score (nSPS) is 27.1. The Hall–Kier alpha value is -1.02. The van der Waals surface area contributed by atoms with Crippen LogP contribution in [0.1, 0.15) is 36.8 Å². The molecule has 0 heterocycles. The van der Waals surface area contributed by atoms with E-state index in [4.69, 9.17) is 5.73 Å². The van der Waals surface area contributed by atoms with Crippen LogP contribution in [0.2, 0.25) is 0 Å². The van der Waals surface area contributed by atoms with Crippen molar-refractivity contribution < 1.29 is 0 Å². The fourth-order valence-corrected chi connectivity index (χ4v) is 3.06. The van der Waals surface area contributed by atoms with Crippen molar-refractivity contribution in [3.8, 4) is 0 Å². The van der Waals surface area contributed by atoms with E-state index in [0.717, 1.165) is 12.5 Å². The molecule has 2 nitrogen and oxygen atoms in total. The molecular weight excluding hydrogens is 208 g/mol. The number of aryl methyl sites for hydroxylation is 2. The van der Waals surface area contributed by atoms with Crippen LogP contribution in [0.3, 0.4) is 0 Å². The van der Waals surface area contributed by atoms with Crippen LogP contribution in [0.4, 0.5) is 5.69 Å². The van der Waals surface area contributed by atoms with Gasteiger partial charge in [0.1, 0.15) is 0 Å². The Labute approximate surface area is 104 Å². The first kappa shape index (κ1) is 11.1. The molecule has 1 fully saturated rings. The summed E-state index contributed by atoms with van der Waals surface area (Å²) in [6.07, 6.45) is 7.63. The topological polar surface area (TPSA) is 38.0 Å². The fourth-order valence-electron chi connectivity index (χ4n) is 3.06. The largest absolute Gasteiger partial charge is 0.385 e. The van der Waals surface area contributed by atoms with Gasteiger partial charge in [-0.05, 0) is 67.7 Å². The predicted octanol–water partition coefficient (Wildman–Crippen LogP) is 2.71. The second kappa shape index (κ2) is 4.69. The van der Waals surface area contributed by atoms with Gasteiger partial charge < -0.3 is 11.1 Å². The highest BCUT2D eigenvalue weighted by Gasteiger charge is 2.25. The standard InChI is InChI=1S/C15H22N2/c16-14-7-11(8-14)10-17-15-6-5-12-3-1-2-4-13(12)9-15/h5-6,9,11,14,17H,1-4,7-8,10,16H2. The van der Waals surface area contributed by atoms with Crippen molar-refractivity contribution in [2.24, 2.45) is 11.7 Å². The lowest BCUT2D eigenvalue weighted by Crippen LogP contribution is -2.39. The lowest BCUT2D eigenvalue weighted by molar-refractivity contribution is 0.280. The van der Waals surface area contributed by atoms with Crippen molar-refractivity contribution in [2.75, 3.05) is 11.9 Å². The number of anilines is 1. The summed E-state index contributed by atoms with van der Waals surface area (Å²) in [5.74, 6) is 0.793. The highest BCUT2D eigenvalue weighted by molar-refractivity contribution is 5.49. The minimum atomic E-state index is 0.463. The maximum Gasteiger partial charge on any atom is 0.0343 e. The zero-order valence-corrected chi connectivity index (χ0v) is 10.4. The molecule has 0 atom stereocenters. The highest BCUT2D eigenvalue weighted by Crippen LogP contribution is 2.27. The van der Waals surface area contributed by atoms with Gasteiger partial charge in [0.25, 0.3) is 0 Å². The van der Waals surface area contributed by atoms with E-state index in [0.29, 0.717) is 6.04 Å². The van der Waals surface area contributed by atoms with E-state index in [1.807, 2.05) is 0 Å². The van der Waals surface area contributed by atoms with Crippen molar-refractivity contribution in [1.29, 1.82) is 0 Å². The molecule has 92 valence electrons. The molecule has 0 radical (unpaired) electrons. The average Bonchev–Trinajstić information content (AvgIpc) is 2.33. The van der Waals surface area contributed by atoms with Gasteiger partial charge in [0, 0.05) is 18.3 Å². The highest BCUT2D eigenvalue weighted by atomic mass is 14.9. The van der Waals surface area contributed by atoms with Gasteiger partial charge in [-0.25, -0.2) is 0 Å². The van der Waals surface area contributed by atoms with Gasteiger partial charge in [0.2, 0.25) is 0 Å². The summed E-state index contributed by atoms with van der Waals surface area (Å²) in [4.78, 5) is 0. The Morgan fingerprint density at radius 1 is 1.12 bits per heavy atom. The van der Waals surface area contributed by atoms with E-state index in [1.54, 1.807) is 11.1 Å². The number of fused-ring (bicyclic) bond motifs is 1. The summed E-state index contributed by atoms with van der Waals surface area (Å²) in [6.45, 7) is 1.09. The maximum absolute atomic E-state index is 5.80. The van der Waals surface area contributed by atoms with E-state index in [2.05, 4.69) is 23.5 Å². The van der Waals surface area contributed by atoms with Crippen molar-refractivity contribution in [1.82, 2.24) is 0 Å². The van der Waals surface area contributed by atoms with Crippen molar-refractivity contribution in [3.63, 3.8) is 0 Å². The molecule has 1 aromatic carbocycles. The number of benzene rings is 1. The van der Waals surface area contributed by atoms with E-state index in [9.17, 15) is 0 Å². The van der Waals surface area contributed by atoms with Crippen molar-refractivity contribution in [3.05, 3.63) is 29.3 Å². The van der Waals surface area contributed by atoms with Crippen LogP contribution in [0.15, 0.2) is 18.2 Å². The minimum absolute atomic E-state index is 0.463. The molecule has 0 amide bonds. The Morgan fingerprint density at radius 3 is 2.65 bits per heavy atom. The molecule has 0 aromatic heterocycles. The smallest absolute Gasteiger partial charge is 0.0343 e. The SMILES string of the molecule is NC1CC(CNc2ccc3c(c2)CCCC3)C1. The maximum atomic E-state index is 5.80. The van der Waals surface area contributed by atoms with Crippen LogP contribution < -0.4 is 11.1 Å². The Morgan fingerprint density at radius 2 is 1.88 bits per heavy atom. The van der Waals surface area contributed by atoms with E-state index in [1.165, 1.54) is 44.2 Å². The summed E-state index contributed by atoms with van der Waals surface area (Å²) in [7, 11) is 0. The second-order valence-corrected chi connectivity index (χ2v) is 5.67. The van der Waals surface area contributed by atoms with Crippen molar-refractivity contribution >= 4 is 5.69 Å². The Balaban J connectivity index is 1.59. The average molecular weight is 230 g/mol. The van der Waals surface area contributed by atoms with Gasteiger partial charge in [-0.15, -0.1) is 0 Å². The van der Waals surface area contributed by atoms with Crippen LogP contribution in [-0.2, 0) is 12.8 Å². The molecule has 0 bridgehead atoms. The molecule has 2 aliphatic rings. The first-order chi connectivity index (χ1) is 8.31. The zero-order valence-electron chi connectivity index (χ0n) is 10.4. The number of nitrogens with two attached hydrogens (primary N) is 1. The van der Waals surface area contributed by atoms with Gasteiger partial charge in [-0.3, -0.25) is 0 Å². The molecule has 3 rings (SSSR count). The van der Waals surface area contributed by atoms with Crippen LogP contribution in [0.5, 0.6) is 0 Å². The first-order valence-electron chi connectivity index (χ1n) is 6.92. The molecule has 1 aromatic rings. The third kappa shape index (κ3) is 2.47. The van der Waals surface area contributed by atoms with Crippen molar-refractivity contribution in [2.45, 2.75) is 44.6 Å². The summed E-state index contributed by atoms with van der Waals surface area (Å²) >= 11 is 0. The molecule has 1 saturated carbocycles. The third-order valence-electron chi connectivity index (χ3n) is 4.22. The third-order valence-corrected chi connectivity index (χ3v) is 4.22. The number of nitrogens with one attached hydrogen (secondary N) is 1. The van der Waals surface area contributed by atoms with Crippen LogP contribution in [-0.4, -0.2) is 12.6 Å². The van der Waals surface area contributed by atoms with E-state index < -0.39 is 0 Å². The van der Waals surface area contributed by atoms with Crippen LogP contribution in [0.25, 0.3) is 0 Å². The lowest BCUT2D eigenvalue weighted by Gasteiger charge is -2.32. The first-order valence-corrected chi connectivity index (χ1v) is 6.92. The molecule has 2 heteroatoms. The van der Waals surface area contributed by atoms with E-state index >= 15 is 0 Å². The molecule has 0 saturated heterocycles. The zero-order chi connectivity index (χ0) is 11.7. The lowest BCUT2D eigenvalue weighted by atomic mass is 9.81. The summed E-state index contributed by atoms with van der Waals surface area (Å²) in [5.41, 5.74) is 10.2. The van der Waals surface area contributed by atoms with Gasteiger partial charge in [0.05, 0.1) is 0 Å². The molecule has 3 N–H and O–H groups in total. The Bertz CT molecular complexity index is 394. The van der Waals surface area contributed by atoms with Gasteiger partial charge in [0.15, 0.2) is 0 Å². The van der Waals surface area contributed by atoms with Crippen LogP contribution in [0, 0.1) is 5.92 Å². The van der Waals surface area contributed by atoms with E-state index in [-0.39, 0.29) is 0 Å². The Kier molecular flexibility index (Phi) is 3.06.